The molecule has 0 spiro atoms. The summed E-state index contributed by atoms with van der Waals surface area (Å²) >= 11 is 2.00. The van der Waals surface area contributed by atoms with E-state index < -0.39 is 10.1 Å². The van der Waals surface area contributed by atoms with Crippen LogP contribution in [0.15, 0.2) is 71.6 Å². The molecule has 0 N–H and O–H groups in total. The molecule has 0 amide bonds. The smallest absolute Gasteiger partial charge is 0.405 e. The minimum atomic E-state index is -3.97. The third kappa shape index (κ3) is 9.42. The van der Waals surface area contributed by atoms with Crippen molar-refractivity contribution in [2.45, 2.75) is 31.1 Å². The largest absolute Gasteiger partial charge is 1.00 e. The molecule has 4 nitrogen and oxygen atoms in total. The van der Waals surface area contributed by atoms with E-state index in [1.165, 1.54) is 23.8 Å². The second-order valence-corrected chi connectivity index (χ2v) is 10.1. The van der Waals surface area contributed by atoms with Crippen molar-refractivity contribution in [2.75, 3.05) is 0 Å². The number of benzene rings is 3. The molecule has 0 saturated heterocycles. The number of hydrogen-bond acceptors (Lipinski definition) is 4. The Balaban J connectivity index is 0.000000683. The third-order valence-electron chi connectivity index (χ3n) is 4.08. The molecule has 0 heterocycles. The first-order valence-corrected chi connectivity index (χ1v) is 11.6. The van der Waals surface area contributed by atoms with Crippen LogP contribution in [0.5, 0.6) is 5.75 Å². The van der Waals surface area contributed by atoms with Crippen molar-refractivity contribution in [3.63, 3.8) is 0 Å². The minimum absolute atomic E-state index is 0. The van der Waals surface area contributed by atoms with E-state index >= 15 is 0 Å². The SMILES string of the molecule is Cc1ccc(S(=O)(=O)Oc2[c-]cc(I)cc2C=O)cc1.[CH2-]C(C)(C)c1ccccc1.[Cu+].[Li+]. The van der Waals surface area contributed by atoms with E-state index in [9.17, 15) is 13.2 Å². The van der Waals surface area contributed by atoms with Gasteiger partial charge >= 0.3 is 46.0 Å². The second kappa shape index (κ2) is 13.6. The fourth-order valence-electron chi connectivity index (χ4n) is 2.39. The first-order chi connectivity index (χ1) is 14.0. The molecular formula is C24H23CuILiO4S. The van der Waals surface area contributed by atoms with Crippen molar-refractivity contribution in [1.82, 2.24) is 0 Å². The molecule has 3 aromatic carbocycles. The molecule has 0 aromatic heterocycles. The Hall–Kier alpha value is -1.07. The average molecular weight is 605 g/mol. The summed E-state index contributed by atoms with van der Waals surface area (Å²) in [6.45, 7) is 10.1. The van der Waals surface area contributed by atoms with Crippen LogP contribution in [-0.2, 0) is 32.6 Å². The number of aryl methyl sites for hydroxylation is 1. The van der Waals surface area contributed by atoms with E-state index in [0.717, 1.165) is 9.13 Å². The van der Waals surface area contributed by atoms with Crippen LogP contribution in [0.2, 0.25) is 0 Å². The van der Waals surface area contributed by atoms with E-state index in [0.29, 0.717) is 6.29 Å². The molecule has 8 heteroatoms. The quantitative estimate of drug-likeness (QED) is 0.148. The van der Waals surface area contributed by atoms with Gasteiger partial charge in [-0.15, -0.1) is 40.1 Å². The Morgan fingerprint density at radius 1 is 1.06 bits per heavy atom. The molecule has 168 valence electrons. The summed E-state index contributed by atoms with van der Waals surface area (Å²) in [5.74, 6) is -0.0963. The van der Waals surface area contributed by atoms with Gasteiger partial charge in [0.05, 0.1) is 6.29 Å². The maximum absolute atomic E-state index is 12.1. The molecular weight excluding hydrogens is 582 g/mol. The summed E-state index contributed by atoms with van der Waals surface area (Å²) in [6.07, 6.45) is 0.540. The molecule has 0 aliphatic heterocycles. The maximum Gasteiger partial charge on any atom is 1.00 e. The molecule has 32 heavy (non-hydrogen) atoms. The monoisotopic (exact) mass is 604 g/mol. The van der Waals surface area contributed by atoms with Gasteiger partial charge < -0.3 is 15.9 Å². The van der Waals surface area contributed by atoms with Crippen molar-refractivity contribution in [2.24, 2.45) is 0 Å². The standard InChI is InChI=1S/C14H10IO4S.C10H13.Cu.Li/c1-10-2-5-13(6-3-10)20(17,18)19-14-7-4-12(15)8-11(14)9-16;1-10(2,3)9-7-5-4-6-8-9;;/h2-6,8-9H,1H3;4-8H,1H2,2-3H3;;/q2*-1;2*+1. The van der Waals surface area contributed by atoms with Gasteiger partial charge in [0.1, 0.15) is 4.90 Å². The predicted octanol–water partition coefficient (Wildman–Crippen LogP) is 2.78. The molecule has 3 aromatic rings. The first kappa shape index (κ1) is 30.9. The zero-order valence-electron chi connectivity index (χ0n) is 18.4. The van der Waals surface area contributed by atoms with Crippen LogP contribution >= 0.6 is 22.6 Å². The first-order valence-electron chi connectivity index (χ1n) is 9.11. The molecule has 0 aliphatic rings. The normalized spacial score (nSPS) is 10.5. The molecule has 0 bridgehead atoms. The second-order valence-electron chi connectivity index (χ2n) is 7.32. The Labute approximate surface area is 227 Å². The molecule has 0 saturated carbocycles. The van der Waals surface area contributed by atoms with Crippen LogP contribution in [0.3, 0.4) is 0 Å². The van der Waals surface area contributed by atoms with Crippen molar-refractivity contribution >= 4 is 39.0 Å². The maximum atomic E-state index is 12.1. The molecule has 0 unspecified atom stereocenters. The van der Waals surface area contributed by atoms with E-state index in [-0.39, 0.29) is 57.6 Å². The Morgan fingerprint density at radius 2 is 1.62 bits per heavy atom. The number of rotatable bonds is 5. The Bertz CT molecular complexity index is 1100. The van der Waals surface area contributed by atoms with Crippen LogP contribution in [0.4, 0.5) is 0 Å². The number of halogens is 1. The predicted molar refractivity (Wildman–Crippen MR) is 127 cm³/mol. The number of carbonyl (C=O) groups is 1. The molecule has 0 radical (unpaired) electrons. The molecule has 0 atom stereocenters. The van der Waals surface area contributed by atoms with Crippen LogP contribution in [0.25, 0.3) is 0 Å². The van der Waals surface area contributed by atoms with Gasteiger partial charge in [-0.05, 0) is 19.1 Å². The van der Waals surface area contributed by atoms with Gasteiger partial charge in [0.15, 0.2) is 0 Å². The van der Waals surface area contributed by atoms with E-state index in [4.69, 9.17) is 4.18 Å². The molecule has 0 fully saturated rings. The van der Waals surface area contributed by atoms with Crippen molar-refractivity contribution in [3.05, 3.63) is 100.0 Å². The zero-order chi connectivity index (χ0) is 22.4. The number of aldehydes is 1. The molecule has 0 aliphatic carbocycles. The van der Waals surface area contributed by atoms with Gasteiger partial charge in [0.2, 0.25) is 0 Å². The van der Waals surface area contributed by atoms with Crippen LogP contribution in [-0.4, -0.2) is 14.7 Å². The topological polar surface area (TPSA) is 60.4 Å². The van der Waals surface area contributed by atoms with Crippen LogP contribution in [0.1, 0.15) is 35.3 Å². The van der Waals surface area contributed by atoms with Crippen LogP contribution < -0.4 is 23.0 Å². The van der Waals surface area contributed by atoms with Gasteiger partial charge in [-0.1, -0.05) is 76.6 Å². The average Bonchev–Trinajstić information content (AvgIpc) is 2.70. The summed E-state index contributed by atoms with van der Waals surface area (Å²) in [5.41, 5.74) is 2.42. The van der Waals surface area contributed by atoms with Crippen molar-refractivity contribution < 1.29 is 53.3 Å². The summed E-state index contributed by atoms with van der Waals surface area (Å²) in [4.78, 5) is 11.0. The van der Waals surface area contributed by atoms with Gasteiger partial charge in [0.25, 0.3) is 0 Å². The fraction of sp³-hybridized carbons (Fsp3) is 0.167. The summed E-state index contributed by atoms with van der Waals surface area (Å²) in [7, 11) is -3.97. The Morgan fingerprint density at radius 3 is 2.09 bits per heavy atom. The van der Waals surface area contributed by atoms with E-state index in [2.05, 4.69) is 39.0 Å². The van der Waals surface area contributed by atoms with Crippen molar-refractivity contribution in [3.8, 4) is 5.75 Å². The van der Waals surface area contributed by atoms with Gasteiger partial charge in [-0.25, -0.2) is 0 Å². The minimum Gasteiger partial charge on any atom is -0.405 e. The fourth-order valence-corrected chi connectivity index (χ4v) is 3.81. The Kier molecular flexibility index (Phi) is 13.1. The van der Waals surface area contributed by atoms with Gasteiger partial charge in [0, 0.05) is 5.75 Å². The van der Waals surface area contributed by atoms with Crippen molar-refractivity contribution in [1.29, 1.82) is 0 Å². The van der Waals surface area contributed by atoms with Crippen LogP contribution in [0, 0.1) is 23.5 Å². The third-order valence-corrected chi connectivity index (χ3v) is 5.94. The summed E-state index contributed by atoms with van der Waals surface area (Å²) in [5, 5.41) is 0. The number of carbonyl (C=O) groups excluding carboxylic acids is 1. The zero-order valence-corrected chi connectivity index (χ0v) is 22.3. The molecule has 3 rings (SSSR count). The van der Waals surface area contributed by atoms with Gasteiger partial charge in [-0.3, -0.25) is 0 Å². The van der Waals surface area contributed by atoms with E-state index in [1.54, 1.807) is 18.2 Å². The summed E-state index contributed by atoms with van der Waals surface area (Å²) in [6, 6.07) is 22.3. The van der Waals surface area contributed by atoms with E-state index in [1.807, 2.05) is 47.7 Å². The van der Waals surface area contributed by atoms with Gasteiger partial charge in [-0.2, -0.15) is 14.5 Å². The number of hydrogen-bond donors (Lipinski definition) is 0. The summed E-state index contributed by atoms with van der Waals surface area (Å²) < 4.78 is 30.0.